The zero-order chi connectivity index (χ0) is 16.5. The second kappa shape index (κ2) is 5.67. The molecule has 0 spiro atoms. The number of rotatable bonds is 2. The summed E-state index contributed by atoms with van der Waals surface area (Å²) in [6, 6.07) is 4.32. The first-order chi connectivity index (χ1) is 10.2. The Bertz CT molecular complexity index is 704. The molecule has 1 amide bonds. The van der Waals surface area contributed by atoms with E-state index in [0.29, 0.717) is 16.9 Å². The Morgan fingerprint density at radius 2 is 2.09 bits per heavy atom. The molecule has 0 radical (unpaired) electrons. The lowest BCUT2D eigenvalue weighted by atomic mass is 10.1. The number of benzene rings is 1. The van der Waals surface area contributed by atoms with Gasteiger partial charge >= 0.3 is 6.09 Å². The maximum atomic E-state index is 13.9. The van der Waals surface area contributed by atoms with E-state index in [-0.39, 0.29) is 5.69 Å². The smallest absolute Gasteiger partial charge is 0.412 e. The number of nitrogens with two attached hydrogens (primary N) is 1. The normalized spacial score (nSPS) is 11.3. The second-order valence-corrected chi connectivity index (χ2v) is 5.89. The van der Waals surface area contributed by atoms with Crippen molar-refractivity contribution in [2.75, 3.05) is 11.1 Å². The highest BCUT2D eigenvalue weighted by Crippen LogP contribution is 2.29. The van der Waals surface area contributed by atoms with Crippen LogP contribution in [0.4, 0.5) is 20.7 Å². The second-order valence-electron chi connectivity index (χ2n) is 5.89. The molecule has 2 aromatic rings. The Kier molecular flexibility index (Phi) is 4.07. The fraction of sp³-hybridized carbons (Fsp3) is 0.333. The standard InChI is InChI=1S/C15H19FN4O2/c1-15(2,3)22-14(21)19-12-7-9(5-6-11(12)16)10-8-18-20(4)13(10)17/h5-8H,17H2,1-4H3,(H,19,21). The molecule has 0 saturated carbocycles. The lowest BCUT2D eigenvalue weighted by Gasteiger charge is -2.20. The zero-order valence-corrected chi connectivity index (χ0v) is 13.0. The summed E-state index contributed by atoms with van der Waals surface area (Å²) in [5, 5.41) is 6.44. The minimum atomic E-state index is -0.720. The number of aromatic nitrogens is 2. The topological polar surface area (TPSA) is 82.2 Å². The summed E-state index contributed by atoms with van der Waals surface area (Å²) in [5.41, 5.74) is 6.58. The van der Waals surface area contributed by atoms with Gasteiger partial charge in [0.15, 0.2) is 0 Å². The zero-order valence-electron chi connectivity index (χ0n) is 13.0. The van der Waals surface area contributed by atoms with Crippen LogP contribution in [0.2, 0.25) is 0 Å². The first-order valence-corrected chi connectivity index (χ1v) is 6.75. The maximum Gasteiger partial charge on any atom is 0.412 e. The Morgan fingerprint density at radius 3 is 2.64 bits per heavy atom. The molecule has 0 unspecified atom stereocenters. The van der Waals surface area contributed by atoms with Crippen molar-refractivity contribution in [3.8, 4) is 11.1 Å². The maximum absolute atomic E-state index is 13.9. The van der Waals surface area contributed by atoms with E-state index in [1.807, 2.05) is 0 Å². The van der Waals surface area contributed by atoms with Gasteiger partial charge in [-0.15, -0.1) is 0 Å². The first kappa shape index (κ1) is 15.8. The molecule has 1 heterocycles. The number of hydrogen-bond donors (Lipinski definition) is 2. The van der Waals surface area contributed by atoms with Gasteiger partial charge in [0.05, 0.1) is 11.9 Å². The van der Waals surface area contributed by atoms with Crippen LogP contribution in [0.3, 0.4) is 0 Å². The van der Waals surface area contributed by atoms with Crippen LogP contribution in [0.15, 0.2) is 24.4 Å². The number of nitrogens with zero attached hydrogens (tertiary/aromatic N) is 2. The molecule has 22 heavy (non-hydrogen) atoms. The van der Waals surface area contributed by atoms with Gasteiger partial charge in [-0.05, 0) is 38.5 Å². The number of nitrogen functional groups attached to an aromatic ring is 1. The number of ether oxygens (including phenoxy) is 1. The number of amides is 1. The fourth-order valence-corrected chi connectivity index (χ4v) is 1.87. The third-order valence-electron chi connectivity index (χ3n) is 2.90. The molecule has 2 rings (SSSR count). The van der Waals surface area contributed by atoms with Gasteiger partial charge in [-0.1, -0.05) is 6.07 Å². The van der Waals surface area contributed by atoms with E-state index in [9.17, 15) is 9.18 Å². The molecule has 6 nitrogen and oxygen atoms in total. The summed E-state index contributed by atoms with van der Waals surface area (Å²) in [6.07, 6.45) is 0.863. The highest BCUT2D eigenvalue weighted by atomic mass is 19.1. The average molecular weight is 306 g/mol. The van der Waals surface area contributed by atoms with Crippen LogP contribution in [0.5, 0.6) is 0 Å². The number of hydrogen-bond acceptors (Lipinski definition) is 4. The van der Waals surface area contributed by atoms with Crippen LogP contribution in [-0.4, -0.2) is 21.5 Å². The predicted octanol–water partition coefficient (Wildman–Crippen LogP) is 3.16. The average Bonchev–Trinajstić information content (AvgIpc) is 2.71. The number of anilines is 2. The van der Waals surface area contributed by atoms with E-state index in [0.717, 1.165) is 0 Å². The largest absolute Gasteiger partial charge is 0.444 e. The van der Waals surface area contributed by atoms with E-state index >= 15 is 0 Å². The van der Waals surface area contributed by atoms with Gasteiger partial charge in [0, 0.05) is 12.6 Å². The number of nitrogens with one attached hydrogen (secondary N) is 1. The molecule has 0 fully saturated rings. The summed E-state index contributed by atoms with van der Waals surface area (Å²) in [6.45, 7) is 5.20. The minimum absolute atomic E-state index is 0.0232. The molecule has 118 valence electrons. The van der Waals surface area contributed by atoms with Crippen LogP contribution in [0.1, 0.15) is 20.8 Å². The molecule has 0 bridgehead atoms. The van der Waals surface area contributed by atoms with Crippen LogP contribution in [0, 0.1) is 5.82 Å². The summed E-state index contributed by atoms with van der Waals surface area (Å²) < 4.78 is 20.5. The molecular weight excluding hydrogens is 287 g/mol. The quantitative estimate of drug-likeness (QED) is 0.893. The Morgan fingerprint density at radius 1 is 1.41 bits per heavy atom. The van der Waals surface area contributed by atoms with Gasteiger partial charge in [0.2, 0.25) is 0 Å². The Hall–Kier alpha value is -2.57. The lowest BCUT2D eigenvalue weighted by molar-refractivity contribution is 0.0635. The highest BCUT2D eigenvalue weighted by Gasteiger charge is 2.18. The van der Waals surface area contributed by atoms with E-state index in [4.69, 9.17) is 10.5 Å². The van der Waals surface area contributed by atoms with Crippen LogP contribution >= 0.6 is 0 Å². The number of carbonyl (C=O) groups is 1. The number of aryl methyl sites for hydroxylation is 1. The molecule has 0 saturated heterocycles. The van der Waals surface area contributed by atoms with Crippen LogP contribution in [0.25, 0.3) is 11.1 Å². The number of halogens is 1. The van der Waals surface area contributed by atoms with Gasteiger partial charge < -0.3 is 10.5 Å². The molecular formula is C15H19FN4O2. The van der Waals surface area contributed by atoms with E-state index in [1.165, 1.54) is 16.8 Å². The summed E-state index contributed by atoms with van der Waals surface area (Å²) in [4.78, 5) is 11.8. The monoisotopic (exact) mass is 306 g/mol. The molecule has 0 atom stereocenters. The lowest BCUT2D eigenvalue weighted by Crippen LogP contribution is -2.27. The summed E-state index contributed by atoms with van der Waals surface area (Å²) in [5.74, 6) is -0.105. The van der Waals surface area contributed by atoms with E-state index in [2.05, 4.69) is 10.4 Å². The van der Waals surface area contributed by atoms with Crippen molar-refractivity contribution in [1.82, 2.24) is 9.78 Å². The highest BCUT2D eigenvalue weighted by molar-refractivity contribution is 5.87. The van der Waals surface area contributed by atoms with Gasteiger partial charge in [-0.3, -0.25) is 10.00 Å². The van der Waals surface area contributed by atoms with Crippen molar-refractivity contribution in [3.63, 3.8) is 0 Å². The first-order valence-electron chi connectivity index (χ1n) is 6.75. The minimum Gasteiger partial charge on any atom is -0.444 e. The molecule has 0 aliphatic heterocycles. The van der Waals surface area contributed by atoms with E-state index in [1.54, 1.807) is 40.1 Å². The van der Waals surface area contributed by atoms with E-state index < -0.39 is 17.5 Å². The SMILES string of the molecule is Cn1ncc(-c2ccc(F)c(NC(=O)OC(C)(C)C)c2)c1N. The van der Waals surface area contributed by atoms with Crippen LogP contribution in [-0.2, 0) is 11.8 Å². The van der Waals surface area contributed by atoms with Crippen molar-refractivity contribution >= 4 is 17.6 Å². The summed E-state index contributed by atoms with van der Waals surface area (Å²) in [7, 11) is 1.71. The molecule has 0 aliphatic rings. The molecule has 1 aromatic heterocycles. The fourth-order valence-electron chi connectivity index (χ4n) is 1.87. The Balaban J connectivity index is 2.28. The van der Waals surface area contributed by atoms with Crippen LogP contribution < -0.4 is 11.1 Å². The molecule has 3 N–H and O–H groups in total. The van der Waals surface area contributed by atoms with Crippen molar-refractivity contribution in [2.24, 2.45) is 7.05 Å². The number of carbonyl (C=O) groups excluding carboxylic acids is 1. The van der Waals surface area contributed by atoms with Gasteiger partial charge in [0.25, 0.3) is 0 Å². The Labute approximate surface area is 128 Å². The van der Waals surface area contributed by atoms with Gasteiger partial charge in [-0.2, -0.15) is 5.10 Å². The third-order valence-corrected chi connectivity index (χ3v) is 2.90. The predicted molar refractivity (Wildman–Crippen MR) is 82.9 cm³/mol. The summed E-state index contributed by atoms with van der Waals surface area (Å²) >= 11 is 0. The molecule has 1 aromatic carbocycles. The van der Waals surface area contributed by atoms with Gasteiger partial charge in [-0.25, -0.2) is 9.18 Å². The molecule has 7 heteroatoms. The van der Waals surface area contributed by atoms with Crippen molar-refractivity contribution < 1.29 is 13.9 Å². The van der Waals surface area contributed by atoms with Crippen molar-refractivity contribution in [2.45, 2.75) is 26.4 Å². The van der Waals surface area contributed by atoms with Crippen molar-refractivity contribution in [3.05, 3.63) is 30.2 Å². The van der Waals surface area contributed by atoms with Crippen molar-refractivity contribution in [1.29, 1.82) is 0 Å². The molecule has 0 aliphatic carbocycles. The third kappa shape index (κ3) is 3.55. The van der Waals surface area contributed by atoms with Gasteiger partial charge in [0.1, 0.15) is 17.2 Å².